The van der Waals surface area contributed by atoms with Gasteiger partial charge in [-0.05, 0) is 36.8 Å². The number of imide groups is 2. The topological polar surface area (TPSA) is 156 Å². The Bertz CT molecular complexity index is 1270. The highest BCUT2D eigenvalue weighted by Crippen LogP contribution is 2.30. The van der Waals surface area contributed by atoms with Gasteiger partial charge in [-0.2, -0.15) is 5.10 Å². The van der Waals surface area contributed by atoms with Crippen LogP contribution in [-0.2, 0) is 9.59 Å². The van der Waals surface area contributed by atoms with Crippen molar-refractivity contribution in [1.82, 2.24) is 10.2 Å². The minimum atomic E-state index is -1.02. The highest BCUT2D eigenvalue weighted by molar-refractivity contribution is 6.33. The lowest BCUT2D eigenvalue weighted by molar-refractivity contribution is -0.136. The minimum Gasteiger partial charge on any atom is -0.381 e. The number of nitrogens with zero attached hydrogens (tertiary/aromatic N) is 2. The molecule has 4 amide bonds. The predicted octanol–water partition coefficient (Wildman–Crippen LogP) is 1.41. The molecule has 2 aromatic rings. The van der Waals surface area contributed by atoms with Crippen molar-refractivity contribution in [2.75, 3.05) is 22.6 Å². The first kappa shape index (κ1) is 21.3. The van der Waals surface area contributed by atoms with E-state index in [-0.39, 0.29) is 30.0 Å². The fourth-order valence-electron chi connectivity index (χ4n) is 4.27. The lowest BCUT2D eigenvalue weighted by Gasteiger charge is -2.28. The molecule has 0 radical (unpaired) electrons. The van der Waals surface area contributed by atoms with Gasteiger partial charge in [0.05, 0.1) is 34.2 Å². The summed E-state index contributed by atoms with van der Waals surface area (Å²) >= 11 is 0. The molecule has 2 unspecified atom stereocenters. The van der Waals surface area contributed by atoms with Gasteiger partial charge in [0, 0.05) is 19.2 Å². The van der Waals surface area contributed by atoms with Crippen molar-refractivity contribution in [2.24, 2.45) is 5.10 Å². The quantitative estimate of drug-likeness (QED) is 0.257. The van der Waals surface area contributed by atoms with Crippen molar-refractivity contribution in [3.63, 3.8) is 0 Å². The van der Waals surface area contributed by atoms with Gasteiger partial charge in [-0.25, -0.2) is 0 Å². The van der Waals surface area contributed by atoms with E-state index in [4.69, 9.17) is 5.41 Å². The third kappa shape index (κ3) is 3.66. The molecule has 2 aromatic carbocycles. The zero-order valence-corrected chi connectivity index (χ0v) is 17.9. The van der Waals surface area contributed by atoms with Crippen LogP contribution >= 0.6 is 0 Å². The number of fused-ring (bicyclic) bond motifs is 2. The molecule has 3 aliphatic rings. The molecule has 3 heterocycles. The second kappa shape index (κ2) is 8.43. The average molecular weight is 459 g/mol. The number of carbonyl (C=O) groups is 4. The molecule has 0 spiro atoms. The zero-order valence-electron chi connectivity index (χ0n) is 17.9. The van der Waals surface area contributed by atoms with Crippen molar-refractivity contribution >= 4 is 52.6 Å². The first-order valence-corrected chi connectivity index (χ1v) is 10.8. The monoisotopic (exact) mass is 459 g/mol. The molecule has 3 aliphatic heterocycles. The van der Waals surface area contributed by atoms with Crippen LogP contribution in [0.1, 0.15) is 33.6 Å². The molecule has 2 atom stereocenters. The summed E-state index contributed by atoms with van der Waals surface area (Å²) in [6, 6.07) is 11.1. The number of rotatable bonds is 5. The molecule has 11 heteroatoms. The van der Waals surface area contributed by atoms with Gasteiger partial charge in [0.25, 0.3) is 11.8 Å². The number of anilines is 3. The van der Waals surface area contributed by atoms with Crippen molar-refractivity contribution in [2.45, 2.75) is 24.9 Å². The second-order valence-corrected chi connectivity index (χ2v) is 8.12. The number of carbonyl (C=O) groups excluding carboxylic acids is 4. The van der Waals surface area contributed by atoms with Crippen molar-refractivity contribution < 1.29 is 19.2 Å². The van der Waals surface area contributed by atoms with Crippen LogP contribution in [0.2, 0.25) is 0 Å². The van der Waals surface area contributed by atoms with Gasteiger partial charge in [0.15, 0.2) is 0 Å². The van der Waals surface area contributed by atoms with Gasteiger partial charge in [-0.15, -0.1) is 0 Å². The van der Waals surface area contributed by atoms with E-state index < -0.39 is 29.7 Å². The maximum absolute atomic E-state index is 13.0. The van der Waals surface area contributed by atoms with E-state index in [9.17, 15) is 19.2 Å². The fourth-order valence-corrected chi connectivity index (χ4v) is 4.27. The van der Waals surface area contributed by atoms with E-state index in [1.54, 1.807) is 6.07 Å². The Hall–Kier alpha value is -4.54. The van der Waals surface area contributed by atoms with Crippen LogP contribution in [-0.4, -0.2) is 59.1 Å². The van der Waals surface area contributed by atoms with Gasteiger partial charge < -0.3 is 16.0 Å². The smallest absolute Gasteiger partial charge is 0.262 e. The molecule has 0 bridgehead atoms. The highest BCUT2D eigenvalue weighted by Gasteiger charge is 2.44. The van der Waals surface area contributed by atoms with Crippen molar-refractivity contribution in [3.8, 4) is 0 Å². The summed E-state index contributed by atoms with van der Waals surface area (Å²) < 4.78 is 0. The third-order valence-corrected chi connectivity index (χ3v) is 6.01. The van der Waals surface area contributed by atoms with Crippen LogP contribution in [0.15, 0.2) is 47.6 Å². The lowest BCUT2D eigenvalue weighted by Crippen LogP contribution is -2.54. The van der Waals surface area contributed by atoms with Crippen LogP contribution in [0.4, 0.5) is 17.1 Å². The van der Waals surface area contributed by atoms with Crippen molar-refractivity contribution in [1.29, 1.82) is 5.41 Å². The number of para-hydroxylation sites is 2. The molecule has 34 heavy (non-hydrogen) atoms. The van der Waals surface area contributed by atoms with Crippen LogP contribution < -0.4 is 21.4 Å². The van der Waals surface area contributed by atoms with Crippen LogP contribution in [0, 0.1) is 5.41 Å². The lowest BCUT2D eigenvalue weighted by atomic mass is 10.0. The molecular weight excluding hydrogens is 438 g/mol. The summed E-state index contributed by atoms with van der Waals surface area (Å²) in [6.45, 7) is 0.533. The van der Waals surface area contributed by atoms with Gasteiger partial charge >= 0.3 is 0 Å². The summed E-state index contributed by atoms with van der Waals surface area (Å²) in [7, 11) is 0. The van der Waals surface area contributed by atoms with Gasteiger partial charge in [0.2, 0.25) is 11.8 Å². The molecule has 5 rings (SSSR count). The molecule has 172 valence electrons. The standard InChI is InChI=1S/C23H21N7O4/c24-10-17(18-11-25-15-3-1-2-4-16(15)26-18)29-28-12-5-6-13-14(9-12)23(34)30(22(13)33)19-7-8-20(31)27-21(19)32/h1-6,9-10,18-19,24-26,28H,7-8,11H2,(H,27,31,32)/b24-10?,29-17+. The normalized spacial score (nSPS) is 21.8. The van der Waals surface area contributed by atoms with E-state index in [0.29, 0.717) is 17.9 Å². The molecule has 0 aliphatic carbocycles. The van der Waals surface area contributed by atoms with Crippen LogP contribution in [0.25, 0.3) is 0 Å². The average Bonchev–Trinajstić information content (AvgIpc) is 3.09. The molecule has 11 nitrogen and oxygen atoms in total. The summed E-state index contributed by atoms with van der Waals surface area (Å²) in [5.74, 6) is -2.24. The summed E-state index contributed by atoms with van der Waals surface area (Å²) in [6.07, 6.45) is 1.30. The summed E-state index contributed by atoms with van der Waals surface area (Å²) in [5, 5.41) is 20.9. The van der Waals surface area contributed by atoms with Gasteiger partial charge in [-0.1, -0.05) is 12.1 Å². The fraction of sp³-hybridized carbons (Fsp3) is 0.217. The first-order chi connectivity index (χ1) is 16.5. The van der Waals surface area contributed by atoms with E-state index in [2.05, 4.69) is 26.5 Å². The first-order valence-electron chi connectivity index (χ1n) is 10.8. The highest BCUT2D eigenvalue weighted by atomic mass is 16.2. The van der Waals surface area contributed by atoms with E-state index >= 15 is 0 Å². The summed E-state index contributed by atoms with van der Waals surface area (Å²) in [5.41, 5.74) is 5.96. The minimum absolute atomic E-state index is 0.0618. The number of nitrogens with one attached hydrogen (secondary N) is 5. The summed E-state index contributed by atoms with van der Waals surface area (Å²) in [4.78, 5) is 50.3. The van der Waals surface area contributed by atoms with E-state index in [0.717, 1.165) is 22.5 Å². The second-order valence-electron chi connectivity index (χ2n) is 8.12. The van der Waals surface area contributed by atoms with E-state index in [1.807, 2.05) is 24.3 Å². The Balaban J connectivity index is 1.33. The number of benzene rings is 2. The number of piperidine rings is 1. The molecule has 1 saturated heterocycles. The van der Waals surface area contributed by atoms with Gasteiger partial charge in [-0.3, -0.25) is 34.8 Å². The van der Waals surface area contributed by atoms with E-state index in [1.165, 1.54) is 12.1 Å². The molecule has 5 N–H and O–H groups in total. The molecule has 0 saturated carbocycles. The largest absolute Gasteiger partial charge is 0.381 e. The molecule has 1 fully saturated rings. The number of hydrogen-bond donors (Lipinski definition) is 5. The third-order valence-electron chi connectivity index (χ3n) is 6.01. The molecule has 0 aromatic heterocycles. The number of hydrazone groups is 1. The SMILES string of the molecule is N=C/C(=N\Nc1ccc2c(c1)C(=O)N(C1CCC(=O)NC1=O)C2=O)C1CNc2ccccc2N1. The predicted molar refractivity (Wildman–Crippen MR) is 125 cm³/mol. The molecular formula is C23H21N7O4. The van der Waals surface area contributed by atoms with Gasteiger partial charge in [0.1, 0.15) is 11.8 Å². The van der Waals surface area contributed by atoms with Crippen LogP contribution in [0.5, 0.6) is 0 Å². The Morgan fingerprint density at radius 1 is 1.06 bits per heavy atom. The van der Waals surface area contributed by atoms with Crippen molar-refractivity contribution in [3.05, 3.63) is 53.6 Å². The maximum Gasteiger partial charge on any atom is 0.262 e. The zero-order chi connectivity index (χ0) is 23.8. The van der Waals surface area contributed by atoms with Crippen LogP contribution in [0.3, 0.4) is 0 Å². The Morgan fingerprint density at radius 2 is 1.82 bits per heavy atom. The Labute approximate surface area is 194 Å². The number of amides is 4. The maximum atomic E-state index is 13.0. The Kier molecular flexibility index (Phi) is 5.28. The Morgan fingerprint density at radius 3 is 2.59 bits per heavy atom. The number of hydrogen-bond acceptors (Lipinski definition) is 9.